The number of hydrogen-bond acceptors (Lipinski definition) is 3. The Morgan fingerprint density at radius 3 is 2.93 bits per heavy atom. The highest BCUT2D eigenvalue weighted by Crippen LogP contribution is 2.23. The molecule has 0 amide bonds. The maximum Gasteiger partial charge on any atom is 0.0740 e. The molecule has 0 bridgehead atoms. The number of halogens is 1. The molecule has 2 N–H and O–H groups in total. The Labute approximate surface area is 102 Å². The van der Waals surface area contributed by atoms with Gasteiger partial charge in [0.25, 0.3) is 0 Å². The van der Waals surface area contributed by atoms with E-state index in [9.17, 15) is 0 Å². The molecule has 0 spiro atoms. The van der Waals surface area contributed by atoms with Gasteiger partial charge in [0.1, 0.15) is 0 Å². The zero-order chi connectivity index (χ0) is 10.6. The van der Waals surface area contributed by atoms with E-state index >= 15 is 0 Å². The van der Waals surface area contributed by atoms with Crippen molar-refractivity contribution in [2.24, 2.45) is 5.73 Å². The summed E-state index contributed by atoms with van der Waals surface area (Å²) in [5.41, 5.74) is 5.44. The molecule has 0 aliphatic heterocycles. The number of thiophene rings is 1. The fourth-order valence-electron chi connectivity index (χ4n) is 1.06. The van der Waals surface area contributed by atoms with Crippen LogP contribution in [0.25, 0.3) is 0 Å². The Bertz CT molecular complexity index is 312. The van der Waals surface area contributed by atoms with Crippen molar-refractivity contribution in [2.45, 2.75) is 13.0 Å². The van der Waals surface area contributed by atoms with Gasteiger partial charge in [0.15, 0.2) is 0 Å². The van der Waals surface area contributed by atoms with E-state index in [1.165, 1.54) is 9.35 Å². The molecule has 0 aliphatic carbocycles. The molecule has 0 unspecified atom stereocenters. The van der Waals surface area contributed by atoms with Crippen molar-refractivity contribution in [1.29, 1.82) is 0 Å². The van der Waals surface area contributed by atoms with Crippen LogP contribution in [0.3, 0.4) is 0 Å². The van der Waals surface area contributed by atoms with Crippen molar-refractivity contribution in [3.05, 3.63) is 20.8 Å². The van der Waals surface area contributed by atoms with Crippen molar-refractivity contribution >= 4 is 44.5 Å². The molecule has 0 radical (unpaired) electrons. The van der Waals surface area contributed by atoms with Crippen LogP contribution in [0.2, 0.25) is 0 Å². The summed E-state index contributed by atoms with van der Waals surface area (Å²) in [5.74, 6) is 0. The number of rotatable bonds is 5. The highest BCUT2D eigenvalue weighted by molar-refractivity contribution is 9.10. The average molecular weight is 293 g/mol. The van der Waals surface area contributed by atoms with E-state index < -0.39 is 0 Å². The third-order valence-corrected chi connectivity index (χ3v) is 3.96. The highest BCUT2D eigenvalue weighted by Gasteiger charge is 2.05. The van der Waals surface area contributed by atoms with Gasteiger partial charge in [-0.25, -0.2) is 0 Å². The number of hydrogen-bond donors (Lipinski definition) is 1. The lowest BCUT2D eigenvalue weighted by molar-refractivity contribution is 0.340. The predicted molar refractivity (Wildman–Crippen MR) is 69.8 cm³/mol. The molecule has 1 heterocycles. The molecule has 0 saturated heterocycles. The molecule has 1 rings (SSSR count). The summed E-state index contributed by atoms with van der Waals surface area (Å²) >= 11 is 10.1. The van der Waals surface area contributed by atoms with Gasteiger partial charge < -0.3 is 10.6 Å². The number of thiocarbonyl (C=S) groups is 1. The SMILES string of the molecule is CN(CCC(N)=S)Cc1sccc1Br. The minimum absolute atomic E-state index is 0.585. The highest BCUT2D eigenvalue weighted by atomic mass is 79.9. The summed E-state index contributed by atoms with van der Waals surface area (Å²) in [6, 6.07) is 2.07. The molecular formula is C9H13BrN2S2. The lowest BCUT2D eigenvalue weighted by Gasteiger charge is -2.15. The summed E-state index contributed by atoms with van der Waals surface area (Å²) in [4.78, 5) is 4.15. The van der Waals surface area contributed by atoms with Crippen LogP contribution in [0.1, 0.15) is 11.3 Å². The van der Waals surface area contributed by atoms with Gasteiger partial charge in [-0.05, 0) is 34.4 Å². The summed E-state index contributed by atoms with van der Waals surface area (Å²) in [5, 5.41) is 2.08. The van der Waals surface area contributed by atoms with E-state index in [-0.39, 0.29) is 0 Å². The Kier molecular flexibility index (Phi) is 5.01. The molecule has 0 aliphatic rings. The lowest BCUT2D eigenvalue weighted by atomic mass is 10.3. The topological polar surface area (TPSA) is 29.3 Å². The fraction of sp³-hybridized carbons (Fsp3) is 0.444. The van der Waals surface area contributed by atoms with Crippen LogP contribution in [-0.2, 0) is 6.54 Å². The zero-order valence-electron chi connectivity index (χ0n) is 8.00. The first-order valence-corrected chi connectivity index (χ1v) is 6.36. The summed E-state index contributed by atoms with van der Waals surface area (Å²) in [6.07, 6.45) is 0.787. The van der Waals surface area contributed by atoms with Gasteiger partial charge >= 0.3 is 0 Å². The van der Waals surface area contributed by atoms with Crippen molar-refractivity contribution in [3.63, 3.8) is 0 Å². The van der Waals surface area contributed by atoms with Gasteiger partial charge in [-0.1, -0.05) is 12.2 Å². The molecule has 0 atom stereocenters. The van der Waals surface area contributed by atoms with Crippen LogP contribution in [0.5, 0.6) is 0 Å². The minimum atomic E-state index is 0.585. The number of nitrogens with zero attached hydrogens (tertiary/aromatic N) is 1. The first kappa shape index (κ1) is 12.1. The van der Waals surface area contributed by atoms with Gasteiger partial charge in [-0.2, -0.15) is 0 Å². The van der Waals surface area contributed by atoms with Crippen molar-refractivity contribution in [2.75, 3.05) is 13.6 Å². The Morgan fingerprint density at radius 2 is 2.43 bits per heavy atom. The molecule has 1 aromatic rings. The zero-order valence-corrected chi connectivity index (χ0v) is 11.2. The molecule has 2 nitrogen and oxygen atoms in total. The largest absolute Gasteiger partial charge is 0.393 e. The van der Waals surface area contributed by atoms with Gasteiger partial charge in [0.05, 0.1) is 4.99 Å². The van der Waals surface area contributed by atoms with Crippen molar-refractivity contribution in [3.8, 4) is 0 Å². The number of nitrogens with two attached hydrogens (primary N) is 1. The minimum Gasteiger partial charge on any atom is -0.393 e. The molecule has 0 saturated carbocycles. The summed E-state index contributed by atoms with van der Waals surface area (Å²) < 4.78 is 1.18. The van der Waals surface area contributed by atoms with Crippen LogP contribution in [-0.4, -0.2) is 23.5 Å². The first-order chi connectivity index (χ1) is 6.59. The van der Waals surface area contributed by atoms with E-state index in [2.05, 4.69) is 39.3 Å². The van der Waals surface area contributed by atoms with E-state index in [0.717, 1.165) is 19.5 Å². The second-order valence-corrected chi connectivity index (χ2v) is 5.53. The fourth-order valence-corrected chi connectivity index (χ4v) is 2.71. The van der Waals surface area contributed by atoms with Crippen LogP contribution < -0.4 is 5.73 Å². The van der Waals surface area contributed by atoms with E-state index in [4.69, 9.17) is 18.0 Å². The lowest BCUT2D eigenvalue weighted by Crippen LogP contribution is -2.23. The molecule has 0 fully saturated rings. The Hall–Kier alpha value is 0.0300. The third kappa shape index (κ3) is 4.04. The van der Waals surface area contributed by atoms with Crippen LogP contribution >= 0.6 is 39.5 Å². The van der Waals surface area contributed by atoms with Crippen molar-refractivity contribution in [1.82, 2.24) is 4.90 Å². The monoisotopic (exact) mass is 292 g/mol. The van der Waals surface area contributed by atoms with Gasteiger partial charge in [-0.15, -0.1) is 11.3 Å². The van der Waals surface area contributed by atoms with Gasteiger partial charge in [-0.3, -0.25) is 0 Å². The third-order valence-electron chi connectivity index (χ3n) is 1.84. The maximum atomic E-state index is 5.44. The maximum absolute atomic E-state index is 5.44. The Morgan fingerprint density at radius 1 is 1.71 bits per heavy atom. The molecule has 14 heavy (non-hydrogen) atoms. The van der Waals surface area contributed by atoms with Gasteiger partial charge in [0, 0.05) is 28.9 Å². The normalized spacial score (nSPS) is 10.8. The molecule has 5 heteroatoms. The standard InChI is InChI=1S/C9H13BrN2S2/c1-12(4-2-9(11)13)6-8-7(10)3-5-14-8/h3,5H,2,4,6H2,1H3,(H2,11,13). The van der Waals surface area contributed by atoms with Gasteiger partial charge in [0.2, 0.25) is 0 Å². The average Bonchev–Trinajstić information content (AvgIpc) is 2.49. The smallest absolute Gasteiger partial charge is 0.0740 e. The Balaban J connectivity index is 2.37. The quantitative estimate of drug-likeness (QED) is 0.846. The van der Waals surface area contributed by atoms with Crippen LogP contribution in [0.4, 0.5) is 0 Å². The van der Waals surface area contributed by atoms with Crippen molar-refractivity contribution < 1.29 is 0 Å². The summed E-state index contributed by atoms with van der Waals surface area (Å²) in [6.45, 7) is 1.86. The van der Waals surface area contributed by atoms with E-state index in [0.29, 0.717) is 4.99 Å². The molecule has 1 aromatic heterocycles. The predicted octanol–water partition coefficient (Wildman–Crippen LogP) is 2.62. The van der Waals surface area contributed by atoms with E-state index in [1.54, 1.807) is 11.3 Å². The second-order valence-electron chi connectivity index (χ2n) is 3.15. The second kappa shape index (κ2) is 5.80. The molecule has 78 valence electrons. The van der Waals surface area contributed by atoms with E-state index in [1.807, 2.05) is 0 Å². The summed E-state index contributed by atoms with van der Waals surface area (Å²) in [7, 11) is 2.07. The van der Waals surface area contributed by atoms with Crippen LogP contribution in [0.15, 0.2) is 15.9 Å². The molecular weight excluding hydrogens is 280 g/mol. The first-order valence-electron chi connectivity index (χ1n) is 4.28. The molecule has 0 aromatic carbocycles. The van der Waals surface area contributed by atoms with Crippen LogP contribution in [0, 0.1) is 0 Å².